The van der Waals surface area contributed by atoms with Crippen molar-refractivity contribution in [1.29, 1.82) is 0 Å². The van der Waals surface area contributed by atoms with Gasteiger partial charge in [0.15, 0.2) is 0 Å². The monoisotopic (exact) mass is 834 g/mol. The van der Waals surface area contributed by atoms with Crippen LogP contribution in [0.15, 0.2) is 152 Å². The minimum Gasteiger partial charge on any atom is -0.358 e. The van der Waals surface area contributed by atoms with Crippen molar-refractivity contribution in [1.82, 2.24) is 24.1 Å². The molecule has 9 rings (SSSR count). The molecule has 0 atom stereocenters. The van der Waals surface area contributed by atoms with Crippen LogP contribution in [0.1, 0.15) is 23.0 Å². The van der Waals surface area contributed by atoms with Gasteiger partial charge in [-0.05, 0) is 65.8 Å². The summed E-state index contributed by atoms with van der Waals surface area (Å²) >= 11 is 0. The molecule has 2 aliphatic heterocycles. The van der Waals surface area contributed by atoms with Crippen molar-refractivity contribution < 1.29 is 21.1 Å². The topological polar surface area (TPSA) is 48.5 Å². The van der Waals surface area contributed by atoms with Crippen molar-refractivity contribution in [2.45, 2.75) is 0 Å². The van der Waals surface area contributed by atoms with Crippen LogP contribution in [0, 0.1) is 12.1 Å². The fourth-order valence-electron chi connectivity index (χ4n) is 6.63. The van der Waals surface area contributed by atoms with Gasteiger partial charge in [0.25, 0.3) is 0 Å². The van der Waals surface area contributed by atoms with Gasteiger partial charge in [0.05, 0.1) is 0 Å². The fraction of sp³-hybridized carbons (Fsp3) is 0. The summed E-state index contributed by atoms with van der Waals surface area (Å²) in [5.74, 6) is 1.55. The molecule has 2 aromatic heterocycles. The summed E-state index contributed by atoms with van der Waals surface area (Å²) < 4.78 is 4.27. The Morgan fingerprint density at radius 3 is 1.43 bits per heavy atom. The maximum Gasteiger partial charge on any atom is 2.00 e. The number of aromatic nitrogens is 5. The molecule has 5 aromatic carbocycles. The molecule has 2 aliphatic rings. The molecule has 7 aromatic rings. The van der Waals surface area contributed by atoms with E-state index in [0.29, 0.717) is 0 Å². The van der Waals surface area contributed by atoms with Gasteiger partial charge in [0.1, 0.15) is 11.6 Å². The second-order valence-corrected chi connectivity index (χ2v) is 12.0. The van der Waals surface area contributed by atoms with Crippen LogP contribution in [0.3, 0.4) is 0 Å². The summed E-state index contributed by atoms with van der Waals surface area (Å²) in [5.41, 5.74) is 9.24. The maximum atomic E-state index is 5.32. The van der Waals surface area contributed by atoms with Crippen molar-refractivity contribution in [3.05, 3.63) is 187 Å². The Bertz CT molecular complexity index is 2270. The zero-order valence-electron chi connectivity index (χ0n) is 27.3. The summed E-state index contributed by atoms with van der Waals surface area (Å²) in [6, 6.07) is 55.1. The first-order valence-electron chi connectivity index (χ1n) is 16.5. The van der Waals surface area contributed by atoms with E-state index in [2.05, 4.69) is 124 Å². The summed E-state index contributed by atoms with van der Waals surface area (Å²) in [4.78, 5) is 15.4. The smallest absolute Gasteiger partial charge is 0.358 e. The van der Waals surface area contributed by atoms with Crippen LogP contribution in [0.4, 0.5) is 0 Å². The molecule has 0 fully saturated rings. The molecule has 51 heavy (non-hydrogen) atoms. The molecule has 0 aliphatic carbocycles. The molecule has 0 spiro atoms. The number of hydrogen-bond acceptors (Lipinski definition) is 3. The molecule has 0 saturated carbocycles. The molecule has 0 radical (unpaired) electrons. The molecule has 0 amide bonds. The van der Waals surface area contributed by atoms with Gasteiger partial charge in [-0.1, -0.05) is 126 Å². The molecule has 244 valence electrons. The predicted octanol–water partition coefficient (Wildman–Crippen LogP) is 10.5. The maximum absolute atomic E-state index is 5.32. The molecule has 0 saturated heterocycles. The zero-order valence-corrected chi connectivity index (χ0v) is 29.6. The second kappa shape index (κ2) is 14.0. The van der Waals surface area contributed by atoms with E-state index in [9.17, 15) is 0 Å². The van der Waals surface area contributed by atoms with Crippen LogP contribution in [0.25, 0.3) is 79.7 Å². The van der Waals surface area contributed by atoms with E-state index >= 15 is 0 Å². The number of pyridine rings is 1. The molecule has 8 bridgehead atoms. The summed E-state index contributed by atoms with van der Waals surface area (Å²) in [6.45, 7) is 0. The van der Waals surface area contributed by atoms with Crippen LogP contribution < -0.4 is 0 Å². The van der Waals surface area contributed by atoms with Crippen LogP contribution >= 0.6 is 0 Å². The van der Waals surface area contributed by atoms with Gasteiger partial charge >= 0.3 is 21.1 Å². The Morgan fingerprint density at radius 1 is 0.412 bits per heavy atom. The Hall–Kier alpha value is -6.16. The van der Waals surface area contributed by atoms with Crippen molar-refractivity contribution in [2.24, 2.45) is 0 Å². The summed E-state index contributed by atoms with van der Waals surface area (Å²) in [5, 5.41) is 1.76. The van der Waals surface area contributed by atoms with Crippen LogP contribution in [0.5, 0.6) is 0 Å². The van der Waals surface area contributed by atoms with Gasteiger partial charge < -0.3 is 14.1 Å². The second-order valence-electron chi connectivity index (χ2n) is 12.0. The number of hydrogen-bond donors (Lipinski definition) is 0. The van der Waals surface area contributed by atoms with E-state index in [1.54, 1.807) is 0 Å². The first kappa shape index (κ1) is 32.1. The van der Waals surface area contributed by atoms with Crippen molar-refractivity contribution in [3.8, 4) is 33.6 Å². The first-order chi connectivity index (χ1) is 24.8. The Kier molecular flexibility index (Phi) is 8.79. The molecule has 0 unspecified atom stereocenters. The van der Waals surface area contributed by atoms with Gasteiger partial charge in [-0.2, -0.15) is 0 Å². The van der Waals surface area contributed by atoms with Crippen molar-refractivity contribution in [3.63, 3.8) is 0 Å². The quantitative estimate of drug-likeness (QED) is 0.166. The standard InChI is InChI=1S/C45H29N5.Pt/c1-5-14-32(15-6-1)44-34-18-13-23-38(28-34)49(36-19-9-3-10-20-36)42-26-25-41(48-42)45(33-16-7-2-8-17-33)35-29-39(31-46-30-35)50(37-21-11-4-12-22-37)43-27-24-40(44)47-43;/h1-27,30-31H;/q-2;+2. The number of para-hydroxylation sites is 2. The number of fused-ring (bicyclic) bond motifs is 8. The Labute approximate surface area is 310 Å². The van der Waals surface area contributed by atoms with Gasteiger partial charge in [-0.15, -0.1) is 41.1 Å². The molecule has 4 heterocycles. The van der Waals surface area contributed by atoms with E-state index < -0.39 is 0 Å². The number of rotatable bonds is 4. The van der Waals surface area contributed by atoms with E-state index in [1.807, 2.05) is 73.1 Å². The van der Waals surface area contributed by atoms with E-state index in [0.717, 1.165) is 78.5 Å². The minimum absolute atomic E-state index is 0. The minimum atomic E-state index is 0. The third kappa shape index (κ3) is 6.14. The molecular weight excluding hydrogens is 806 g/mol. The average molecular weight is 835 g/mol. The van der Waals surface area contributed by atoms with Crippen LogP contribution in [-0.4, -0.2) is 24.1 Å². The Morgan fingerprint density at radius 2 is 0.882 bits per heavy atom. The molecule has 6 heteroatoms. The third-order valence-electron chi connectivity index (χ3n) is 8.84. The fourth-order valence-corrected chi connectivity index (χ4v) is 6.63. The molecule has 5 nitrogen and oxygen atoms in total. The Balaban J connectivity index is 0.00000374. The molecule has 0 N–H and O–H groups in total. The number of benzene rings is 5. The van der Waals surface area contributed by atoms with Crippen LogP contribution in [-0.2, 0) is 21.1 Å². The van der Waals surface area contributed by atoms with Gasteiger partial charge in [-0.3, -0.25) is 0 Å². The average Bonchev–Trinajstić information content (AvgIpc) is 3.85. The van der Waals surface area contributed by atoms with Crippen molar-refractivity contribution >= 4 is 46.1 Å². The van der Waals surface area contributed by atoms with Gasteiger partial charge in [0.2, 0.25) is 0 Å². The van der Waals surface area contributed by atoms with Gasteiger partial charge in [0, 0.05) is 22.8 Å². The first-order valence-corrected chi connectivity index (χ1v) is 16.5. The zero-order chi connectivity index (χ0) is 33.3. The third-order valence-corrected chi connectivity index (χ3v) is 8.84. The van der Waals surface area contributed by atoms with E-state index in [1.165, 1.54) is 0 Å². The van der Waals surface area contributed by atoms with Gasteiger partial charge in [-0.25, -0.2) is 9.97 Å². The van der Waals surface area contributed by atoms with E-state index in [-0.39, 0.29) is 21.1 Å². The van der Waals surface area contributed by atoms with Crippen LogP contribution in [0.2, 0.25) is 0 Å². The number of nitrogens with zero attached hydrogens (tertiary/aromatic N) is 5. The SMILES string of the molecule is [Pt+2].[c-]1c2cccc1n(-c1ccccc1)c1nc(c(-c3ccccc3)c3[c-]c(cnc3)n(-c3ccccc3)c3nc(c2-c2ccccc2)C=C3)C=C1. The van der Waals surface area contributed by atoms with E-state index in [4.69, 9.17) is 15.0 Å². The molecular formula is C45H29N5Pt. The normalized spacial score (nSPS) is 11.6. The summed E-state index contributed by atoms with van der Waals surface area (Å²) in [7, 11) is 0. The largest absolute Gasteiger partial charge is 2.00 e. The summed E-state index contributed by atoms with van der Waals surface area (Å²) in [6.07, 6.45) is 12.0. The van der Waals surface area contributed by atoms with Crippen molar-refractivity contribution in [2.75, 3.05) is 0 Å². The predicted molar refractivity (Wildman–Crippen MR) is 204 cm³/mol.